The van der Waals surface area contributed by atoms with Crippen molar-refractivity contribution < 1.29 is 26.4 Å². The third-order valence-corrected chi connectivity index (χ3v) is 7.68. The van der Waals surface area contributed by atoms with Gasteiger partial charge < -0.3 is 9.32 Å². The van der Waals surface area contributed by atoms with E-state index in [1.54, 1.807) is 30.3 Å². The number of alkyl halides is 2. The van der Waals surface area contributed by atoms with Gasteiger partial charge in [-0.3, -0.25) is 14.1 Å². The predicted molar refractivity (Wildman–Crippen MR) is 118 cm³/mol. The van der Waals surface area contributed by atoms with Gasteiger partial charge in [0, 0.05) is 24.8 Å². The topological polar surface area (TPSA) is 110 Å². The highest BCUT2D eigenvalue weighted by molar-refractivity contribution is 7.92. The van der Waals surface area contributed by atoms with Crippen molar-refractivity contribution in [3.8, 4) is 11.5 Å². The minimum absolute atomic E-state index is 0.0127. The third kappa shape index (κ3) is 4.25. The number of aromatic nitrogens is 3. The number of amides is 1. The number of sulfonamides is 1. The van der Waals surface area contributed by atoms with E-state index in [2.05, 4.69) is 15.2 Å². The number of anilines is 1. The van der Waals surface area contributed by atoms with Gasteiger partial charge in [-0.1, -0.05) is 0 Å². The molecule has 2 aliphatic rings. The molecule has 0 bridgehead atoms. The van der Waals surface area contributed by atoms with Crippen LogP contribution in [0.2, 0.25) is 0 Å². The van der Waals surface area contributed by atoms with Gasteiger partial charge in [-0.05, 0) is 55.2 Å². The average molecular weight is 490 g/mol. The minimum atomic E-state index is -3.58. The molecule has 1 amide bonds. The SMILES string of the molecule is O=C(c1ccc2c(c1)CCS(=O)(=O)N2Cc1ccc(-c2nnc(C(F)F)o2)cn1)N1CCCC1. The van der Waals surface area contributed by atoms with Gasteiger partial charge in [-0.2, -0.15) is 8.78 Å². The number of carbonyl (C=O) groups is 1. The van der Waals surface area contributed by atoms with Gasteiger partial charge >= 0.3 is 6.43 Å². The van der Waals surface area contributed by atoms with Crippen LogP contribution in [0.4, 0.5) is 14.5 Å². The molecule has 2 aromatic heterocycles. The first-order valence-electron chi connectivity index (χ1n) is 10.8. The average Bonchev–Trinajstić information content (AvgIpc) is 3.53. The van der Waals surface area contributed by atoms with Crippen LogP contribution in [-0.2, 0) is 23.0 Å². The summed E-state index contributed by atoms with van der Waals surface area (Å²) in [6.45, 7) is 1.47. The monoisotopic (exact) mass is 489 g/mol. The Balaban J connectivity index is 1.38. The molecule has 1 aromatic carbocycles. The summed E-state index contributed by atoms with van der Waals surface area (Å²) in [6.07, 6.45) is 0.811. The standard InChI is InChI=1S/C22H21F2N5O4S/c23-19(24)21-27-26-20(33-21)16-3-5-17(25-12-16)13-29-18-6-4-15(22(30)28-8-1-2-9-28)11-14(18)7-10-34(29,31)32/h3-6,11-12,19H,1-2,7-10,13H2. The molecule has 3 aromatic rings. The summed E-state index contributed by atoms with van der Waals surface area (Å²) < 4.78 is 57.2. The summed E-state index contributed by atoms with van der Waals surface area (Å²) >= 11 is 0. The molecule has 0 saturated carbocycles. The first-order chi connectivity index (χ1) is 16.3. The van der Waals surface area contributed by atoms with Crippen LogP contribution < -0.4 is 4.31 Å². The van der Waals surface area contributed by atoms with Gasteiger partial charge in [0.15, 0.2) is 0 Å². The van der Waals surface area contributed by atoms with Gasteiger partial charge in [0.1, 0.15) is 0 Å². The van der Waals surface area contributed by atoms with Gasteiger partial charge in [0.05, 0.1) is 29.2 Å². The largest absolute Gasteiger partial charge is 0.415 e. The Labute approximate surface area is 194 Å². The number of likely N-dealkylation sites (tertiary alicyclic amines) is 1. The molecule has 1 fully saturated rings. The number of benzene rings is 1. The Bertz CT molecular complexity index is 1320. The van der Waals surface area contributed by atoms with E-state index in [0.29, 0.717) is 28.9 Å². The lowest BCUT2D eigenvalue weighted by atomic mass is 10.0. The van der Waals surface area contributed by atoms with E-state index in [-0.39, 0.29) is 24.1 Å². The van der Waals surface area contributed by atoms with Crippen molar-refractivity contribution in [2.24, 2.45) is 0 Å². The Hall–Kier alpha value is -3.41. The molecule has 0 atom stereocenters. The van der Waals surface area contributed by atoms with E-state index in [1.165, 1.54) is 10.5 Å². The Morgan fingerprint density at radius 2 is 1.91 bits per heavy atom. The summed E-state index contributed by atoms with van der Waals surface area (Å²) in [5.41, 5.74) is 2.67. The molecule has 34 heavy (non-hydrogen) atoms. The molecular weight excluding hydrogens is 468 g/mol. The summed E-state index contributed by atoms with van der Waals surface area (Å²) in [6, 6.07) is 8.26. The molecule has 0 radical (unpaired) electrons. The zero-order chi connectivity index (χ0) is 23.9. The Kier molecular flexibility index (Phi) is 5.76. The van der Waals surface area contributed by atoms with Crippen molar-refractivity contribution in [2.45, 2.75) is 32.2 Å². The van der Waals surface area contributed by atoms with E-state index in [4.69, 9.17) is 4.42 Å². The quantitative estimate of drug-likeness (QED) is 0.541. The fourth-order valence-electron chi connectivity index (χ4n) is 4.18. The lowest BCUT2D eigenvalue weighted by Gasteiger charge is -2.31. The highest BCUT2D eigenvalue weighted by Gasteiger charge is 2.31. The van der Waals surface area contributed by atoms with E-state index in [1.807, 2.05) is 4.90 Å². The molecule has 0 aliphatic carbocycles. The molecule has 4 heterocycles. The zero-order valence-electron chi connectivity index (χ0n) is 18.0. The van der Waals surface area contributed by atoms with Crippen LogP contribution in [0.3, 0.4) is 0 Å². The number of carbonyl (C=O) groups excluding carboxylic acids is 1. The Morgan fingerprint density at radius 3 is 2.59 bits per heavy atom. The van der Waals surface area contributed by atoms with Gasteiger partial charge in [-0.25, -0.2) is 8.42 Å². The van der Waals surface area contributed by atoms with Gasteiger partial charge in [0.2, 0.25) is 15.9 Å². The van der Waals surface area contributed by atoms with Crippen molar-refractivity contribution in [2.75, 3.05) is 23.1 Å². The second-order valence-corrected chi connectivity index (χ2v) is 10.2. The van der Waals surface area contributed by atoms with Crippen LogP contribution in [-0.4, -0.2) is 53.2 Å². The molecule has 2 aliphatic heterocycles. The number of halogens is 2. The summed E-state index contributed by atoms with van der Waals surface area (Å²) in [4.78, 5) is 18.8. The maximum Gasteiger partial charge on any atom is 0.314 e. The van der Waals surface area contributed by atoms with Crippen molar-refractivity contribution in [3.63, 3.8) is 0 Å². The lowest BCUT2D eigenvalue weighted by Crippen LogP contribution is -2.38. The van der Waals surface area contributed by atoms with Crippen molar-refractivity contribution in [1.29, 1.82) is 0 Å². The highest BCUT2D eigenvalue weighted by atomic mass is 32.2. The number of hydrogen-bond donors (Lipinski definition) is 0. The van der Waals surface area contributed by atoms with Crippen LogP contribution in [0.15, 0.2) is 40.9 Å². The number of fused-ring (bicyclic) bond motifs is 1. The number of hydrogen-bond acceptors (Lipinski definition) is 7. The fraction of sp³-hybridized carbons (Fsp3) is 0.364. The van der Waals surface area contributed by atoms with Crippen LogP contribution in [0.5, 0.6) is 0 Å². The maximum atomic E-state index is 12.9. The smallest absolute Gasteiger partial charge is 0.314 e. The summed E-state index contributed by atoms with van der Waals surface area (Å²) in [5, 5.41) is 6.87. The molecule has 0 spiro atoms. The van der Waals surface area contributed by atoms with E-state index >= 15 is 0 Å². The van der Waals surface area contributed by atoms with Crippen molar-refractivity contribution in [1.82, 2.24) is 20.1 Å². The van der Waals surface area contributed by atoms with E-state index < -0.39 is 22.3 Å². The maximum absolute atomic E-state index is 12.9. The predicted octanol–water partition coefficient (Wildman–Crippen LogP) is 3.20. The molecule has 0 N–H and O–H groups in total. The third-order valence-electron chi connectivity index (χ3n) is 5.96. The fourth-order valence-corrected chi connectivity index (χ4v) is 5.68. The number of pyridine rings is 1. The molecule has 1 saturated heterocycles. The highest BCUT2D eigenvalue weighted by Crippen LogP contribution is 2.32. The number of nitrogens with zero attached hydrogens (tertiary/aromatic N) is 5. The number of rotatable bonds is 5. The van der Waals surface area contributed by atoms with Crippen LogP contribution >= 0.6 is 0 Å². The number of aryl methyl sites for hydroxylation is 1. The molecule has 0 unspecified atom stereocenters. The first-order valence-corrected chi connectivity index (χ1v) is 12.4. The van der Waals surface area contributed by atoms with E-state index in [0.717, 1.165) is 31.5 Å². The van der Waals surface area contributed by atoms with Crippen LogP contribution in [0, 0.1) is 0 Å². The normalized spacial score (nSPS) is 17.3. The van der Waals surface area contributed by atoms with Gasteiger partial charge in [0.25, 0.3) is 11.8 Å². The second-order valence-electron chi connectivity index (χ2n) is 8.20. The van der Waals surface area contributed by atoms with E-state index in [9.17, 15) is 22.0 Å². The van der Waals surface area contributed by atoms with Crippen LogP contribution in [0.1, 0.15) is 46.8 Å². The lowest BCUT2D eigenvalue weighted by molar-refractivity contribution is 0.0792. The van der Waals surface area contributed by atoms with Crippen LogP contribution in [0.25, 0.3) is 11.5 Å². The Morgan fingerprint density at radius 1 is 1.12 bits per heavy atom. The first kappa shape index (κ1) is 22.4. The molecule has 12 heteroatoms. The van der Waals surface area contributed by atoms with Gasteiger partial charge in [-0.15, -0.1) is 10.2 Å². The summed E-state index contributed by atoms with van der Waals surface area (Å²) in [5.74, 6) is -0.982. The zero-order valence-corrected chi connectivity index (χ0v) is 18.8. The second kappa shape index (κ2) is 8.75. The molecule has 178 valence electrons. The van der Waals surface area contributed by atoms with Crippen molar-refractivity contribution >= 4 is 21.6 Å². The minimum Gasteiger partial charge on any atom is -0.415 e. The molecular formula is C22H21F2N5O4S. The van der Waals surface area contributed by atoms with Crippen molar-refractivity contribution in [3.05, 3.63) is 59.2 Å². The molecule has 5 rings (SSSR count). The summed E-state index contributed by atoms with van der Waals surface area (Å²) in [7, 11) is -3.58. The molecule has 9 nitrogen and oxygen atoms in total.